The molecule has 2 heterocycles. The molecule has 2 fully saturated rings. The maximum Gasteiger partial charge on any atom is 0.257 e. The smallest absolute Gasteiger partial charge is 0.257 e. The fourth-order valence-electron chi connectivity index (χ4n) is 3.00. The largest absolute Gasteiger partial charge is 0.507 e. The van der Waals surface area contributed by atoms with Gasteiger partial charge in [-0.05, 0) is 31.5 Å². The Morgan fingerprint density at radius 1 is 1.22 bits per heavy atom. The van der Waals surface area contributed by atoms with Crippen LogP contribution in [0.15, 0.2) is 24.3 Å². The molecule has 96 valence electrons. The maximum atomic E-state index is 12.4. The topological polar surface area (TPSA) is 43.8 Å². The molecule has 4 heteroatoms. The number of benzene rings is 1. The number of para-hydroxylation sites is 1. The zero-order chi connectivity index (χ0) is 12.5. The molecule has 4 nitrogen and oxygen atoms in total. The average molecular weight is 246 g/mol. The minimum Gasteiger partial charge on any atom is -0.507 e. The zero-order valence-corrected chi connectivity index (χ0v) is 10.4. The molecule has 0 aliphatic carbocycles. The number of amides is 1. The summed E-state index contributed by atoms with van der Waals surface area (Å²) in [6.45, 7) is 3.70. The van der Waals surface area contributed by atoms with E-state index in [4.69, 9.17) is 0 Å². The molecule has 1 N–H and O–H groups in total. The Hall–Kier alpha value is -1.55. The fraction of sp³-hybridized carbons (Fsp3) is 0.500. The predicted octanol–water partition coefficient (Wildman–Crippen LogP) is 1.31. The minimum absolute atomic E-state index is 0.0420. The van der Waals surface area contributed by atoms with E-state index in [0.717, 1.165) is 19.6 Å². The molecule has 1 atom stereocenters. The molecule has 1 aromatic carbocycles. The lowest BCUT2D eigenvalue weighted by atomic mass is 10.1. The molecule has 1 aromatic rings. The van der Waals surface area contributed by atoms with Gasteiger partial charge in [-0.25, -0.2) is 0 Å². The van der Waals surface area contributed by atoms with Crippen molar-refractivity contribution >= 4 is 5.91 Å². The van der Waals surface area contributed by atoms with Crippen molar-refractivity contribution < 1.29 is 9.90 Å². The summed E-state index contributed by atoms with van der Waals surface area (Å²) in [4.78, 5) is 16.7. The van der Waals surface area contributed by atoms with Crippen LogP contribution < -0.4 is 0 Å². The van der Waals surface area contributed by atoms with Crippen LogP contribution in [-0.4, -0.2) is 53.0 Å². The third-order valence-electron chi connectivity index (χ3n) is 4.01. The molecule has 0 spiro atoms. The Morgan fingerprint density at radius 3 is 2.89 bits per heavy atom. The van der Waals surface area contributed by atoms with E-state index in [1.807, 2.05) is 4.90 Å². The number of carbonyl (C=O) groups excluding carboxylic acids is 1. The number of hydrogen-bond donors (Lipinski definition) is 1. The number of nitrogens with zero attached hydrogens (tertiary/aromatic N) is 2. The third-order valence-corrected chi connectivity index (χ3v) is 4.01. The van der Waals surface area contributed by atoms with Crippen LogP contribution >= 0.6 is 0 Å². The van der Waals surface area contributed by atoms with Gasteiger partial charge in [-0.15, -0.1) is 0 Å². The highest BCUT2D eigenvalue weighted by atomic mass is 16.3. The van der Waals surface area contributed by atoms with Gasteiger partial charge < -0.3 is 10.0 Å². The van der Waals surface area contributed by atoms with E-state index in [9.17, 15) is 9.90 Å². The van der Waals surface area contributed by atoms with Crippen LogP contribution in [0.5, 0.6) is 5.75 Å². The molecule has 1 unspecified atom stereocenters. The Kier molecular flexibility index (Phi) is 2.96. The van der Waals surface area contributed by atoms with Crippen LogP contribution in [0.4, 0.5) is 0 Å². The van der Waals surface area contributed by atoms with Crippen molar-refractivity contribution in [3.63, 3.8) is 0 Å². The zero-order valence-electron chi connectivity index (χ0n) is 10.4. The molecule has 0 saturated carbocycles. The first-order chi connectivity index (χ1) is 8.75. The van der Waals surface area contributed by atoms with Crippen LogP contribution in [-0.2, 0) is 0 Å². The van der Waals surface area contributed by atoms with Crippen molar-refractivity contribution in [3.05, 3.63) is 29.8 Å². The number of fused-ring (bicyclic) bond motifs is 1. The van der Waals surface area contributed by atoms with Crippen molar-refractivity contribution in [1.82, 2.24) is 9.80 Å². The van der Waals surface area contributed by atoms with Crippen LogP contribution in [0.25, 0.3) is 0 Å². The Labute approximate surface area is 107 Å². The number of rotatable bonds is 1. The van der Waals surface area contributed by atoms with Crippen molar-refractivity contribution in [1.29, 1.82) is 0 Å². The summed E-state index contributed by atoms with van der Waals surface area (Å²) in [6.07, 6.45) is 2.42. The Morgan fingerprint density at radius 2 is 2.06 bits per heavy atom. The molecule has 0 aromatic heterocycles. The molecular weight excluding hydrogens is 228 g/mol. The molecule has 0 radical (unpaired) electrons. The van der Waals surface area contributed by atoms with Crippen molar-refractivity contribution in [2.75, 3.05) is 26.2 Å². The number of phenolic OH excluding ortho intramolecular Hbond substituents is 1. The molecule has 0 bridgehead atoms. The number of piperazine rings is 1. The number of phenols is 1. The second kappa shape index (κ2) is 4.61. The second-order valence-electron chi connectivity index (χ2n) is 5.10. The first-order valence-corrected chi connectivity index (χ1v) is 6.57. The highest BCUT2D eigenvalue weighted by Gasteiger charge is 2.33. The SMILES string of the molecule is O=C(c1ccccc1O)N1CCN2CCCC2C1. The Bertz CT molecular complexity index is 461. The van der Waals surface area contributed by atoms with Gasteiger partial charge in [-0.1, -0.05) is 12.1 Å². The fourth-order valence-corrected chi connectivity index (χ4v) is 3.00. The van der Waals surface area contributed by atoms with E-state index in [0.29, 0.717) is 11.6 Å². The number of carbonyl (C=O) groups is 1. The van der Waals surface area contributed by atoms with E-state index in [2.05, 4.69) is 4.90 Å². The van der Waals surface area contributed by atoms with Crippen LogP contribution in [0.3, 0.4) is 0 Å². The summed E-state index contributed by atoms with van der Waals surface area (Å²) in [5.74, 6) is 0.0380. The molecule has 2 aliphatic rings. The van der Waals surface area contributed by atoms with Crippen LogP contribution in [0.1, 0.15) is 23.2 Å². The van der Waals surface area contributed by atoms with E-state index in [-0.39, 0.29) is 11.7 Å². The van der Waals surface area contributed by atoms with Gasteiger partial charge in [0.1, 0.15) is 5.75 Å². The lowest BCUT2D eigenvalue weighted by molar-refractivity contribution is 0.0568. The summed E-state index contributed by atoms with van der Waals surface area (Å²) in [7, 11) is 0. The number of hydrogen-bond acceptors (Lipinski definition) is 3. The Balaban J connectivity index is 1.75. The van der Waals surface area contributed by atoms with Gasteiger partial charge in [0.15, 0.2) is 0 Å². The van der Waals surface area contributed by atoms with Gasteiger partial charge in [0, 0.05) is 25.7 Å². The lowest BCUT2D eigenvalue weighted by Crippen LogP contribution is -2.52. The third kappa shape index (κ3) is 1.97. The summed E-state index contributed by atoms with van der Waals surface area (Å²) < 4.78 is 0. The van der Waals surface area contributed by atoms with Crippen LogP contribution in [0.2, 0.25) is 0 Å². The molecule has 1 amide bonds. The molecule has 2 aliphatic heterocycles. The van der Waals surface area contributed by atoms with Gasteiger partial charge in [0.25, 0.3) is 5.91 Å². The van der Waals surface area contributed by atoms with Gasteiger partial charge in [0.05, 0.1) is 5.56 Å². The van der Waals surface area contributed by atoms with Gasteiger partial charge in [-0.3, -0.25) is 9.69 Å². The maximum absolute atomic E-state index is 12.4. The monoisotopic (exact) mass is 246 g/mol. The molecule has 3 rings (SSSR count). The quantitative estimate of drug-likeness (QED) is 0.812. The molecular formula is C14H18N2O2. The van der Waals surface area contributed by atoms with Crippen molar-refractivity contribution in [3.8, 4) is 5.75 Å². The van der Waals surface area contributed by atoms with Crippen molar-refractivity contribution in [2.24, 2.45) is 0 Å². The normalized spacial score (nSPS) is 24.0. The van der Waals surface area contributed by atoms with E-state index in [1.165, 1.54) is 19.4 Å². The molecule has 2 saturated heterocycles. The van der Waals surface area contributed by atoms with Gasteiger partial charge in [-0.2, -0.15) is 0 Å². The summed E-state index contributed by atoms with van der Waals surface area (Å²) in [5.41, 5.74) is 0.420. The minimum atomic E-state index is -0.0420. The molecule has 18 heavy (non-hydrogen) atoms. The summed E-state index contributed by atoms with van der Waals surface area (Å²) in [6, 6.07) is 7.31. The lowest BCUT2D eigenvalue weighted by Gasteiger charge is -2.37. The first-order valence-electron chi connectivity index (χ1n) is 6.57. The van der Waals surface area contributed by atoms with Gasteiger partial charge in [0.2, 0.25) is 0 Å². The summed E-state index contributed by atoms with van der Waals surface area (Å²) >= 11 is 0. The summed E-state index contributed by atoms with van der Waals surface area (Å²) in [5, 5.41) is 9.74. The van der Waals surface area contributed by atoms with Crippen molar-refractivity contribution in [2.45, 2.75) is 18.9 Å². The predicted molar refractivity (Wildman–Crippen MR) is 68.6 cm³/mol. The first kappa shape index (κ1) is 11.5. The van der Waals surface area contributed by atoms with E-state index < -0.39 is 0 Å². The van der Waals surface area contributed by atoms with Crippen LogP contribution in [0, 0.1) is 0 Å². The second-order valence-corrected chi connectivity index (χ2v) is 5.10. The highest BCUT2D eigenvalue weighted by molar-refractivity contribution is 5.96. The average Bonchev–Trinajstić information content (AvgIpc) is 2.85. The van der Waals surface area contributed by atoms with Gasteiger partial charge >= 0.3 is 0 Å². The number of aromatic hydroxyl groups is 1. The standard InChI is InChI=1S/C14H18N2O2/c17-13-6-2-1-5-12(13)14(18)16-9-8-15-7-3-4-11(15)10-16/h1-2,5-6,11,17H,3-4,7-10H2. The van der Waals surface area contributed by atoms with E-state index in [1.54, 1.807) is 24.3 Å². The highest BCUT2D eigenvalue weighted by Crippen LogP contribution is 2.24. The van der Waals surface area contributed by atoms with E-state index >= 15 is 0 Å².